The molecule has 0 radical (unpaired) electrons. The maximum absolute atomic E-state index is 8.54. The van der Waals surface area contributed by atoms with Gasteiger partial charge in [0.15, 0.2) is 0 Å². The molecule has 0 bridgehead atoms. The van der Waals surface area contributed by atoms with Crippen LogP contribution >= 0.6 is 0 Å². The fourth-order valence-corrected chi connectivity index (χ4v) is 2.12. The van der Waals surface area contributed by atoms with Gasteiger partial charge >= 0.3 is 0 Å². The van der Waals surface area contributed by atoms with Crippen LogP contribution in [0.25, 0.3) is 0 Å². The number of aliphatic hydroxyl groups excluding tert-OH is 1. The second-order valence-electron chi connectivity index (χ2n) is 6.27. The number of ether oxygens (including phenoxy) is 10. The van der Waals surface area contributed by atoms with Crippen LogP contribution in [0.4, 0.5) is 0 Å². The van der Waals surface area contributed by atoms with Gasteiger partial charge in [-0.25, -0.2) is 0 Å². The Balaban J connectivity index is 2.99. The van der Waals surface area contributed by atoms with Crippen LogP contribution in [-0.2, 0) is 47.4 Å². The van der Waals surface area contributed by atoms with Crippen LogP contribution in [0.1, 0.15) is 0 Å². The molecule has 0 aliphatic carbocycles. The normalized spacial score (nSPS) is 11.2. The van der Waals surface area contributed by atoms with Crippen molar-refractivity contribution in [3.8, 4) is 0 Å². The molecule has 1 N–H and O–H groups in total. The summed E-state index contributed by atoms with van der Waals surface area (Å²) in [6.45, 7) is 13.0. The highest BCUT2D eigenvalue weighted by molar-refractivity contribution is 4.47. The summed E-state index contributed by atoms with van der Waals surface area (Å²) in [7, 11) is 0. The Bertz CT molecular complexity index is 361. The summed E-state index contributed by atoms with van der Waals surface area (Å²) < 4.78 is 53.0. The zero-order valence-corrected chi connectivity index (χ0v) is 20.0. The molecule has 0 amide bonds. The van der Waals surface area contributed by atoms with Gasteiger partial charge in [-0.3, -0.25) is 0 Å². The molecule has 0 aromatic rings. The summed E-state index contributed by atoms with van der Waals surface area (Å²) in [6.07, 6.45) is 1.39. The van der Waals surface area contributed by atoms with Gasteiger partial charge in [-0.15, -0.1) is 0 Å². The zero-order chi connectivity index (χ0) is 23.9. The molecule has 11 nitrogen and oxygen atoms in total. The molecular formula is C22H44O11. The van der Waals surface area contributed by atoms with E-state index in [1.54, 1.807) is 0 Å². The average Bonchev–Trinajstić information content (AvgIpc) is 2.83. The molecule has 11 heteroatoms. The van der Waals surface area contributed by atoms with E-state index >= 15 is 0 Å². The largest absolute Gasteiger partial charge is 0.499 e. The Kier molecular flexibility index (Phi) is 30.3. The lowest BCUT2D eigenvalue weighted by molar-refractivity contribution is -0.0260. The SMILES string of the molecule is C=COCCOCCOCCOCCOCCOCCOCCOCCOCCOCCO. The fourth-order valence-electron chi connectivity index (χ4n) is 2.12. The summed E-state index contributed by atoms with van der Waals surface area (Å²) in [5.41, 5.74) is 0. The molecular weight excluding hydrogens is 440 g/mol. The molecule has 0 rings (SSSR count). The van der Waals surface area contributed by atoms with Gasteiger partial charge in [0.05, 0.1) is 132 Å². The molecule has 0 saturated carbocycles. The van der Waals surface area contributed by atoms with Crippen molar-refractivity contribution in [2.75, 3.05) is 132 Å². The first-order chi connectivity index (χ1) is 16.4. The quantitative estimate of drug-likeness (QED) is 0.112. The first-order valence-corrected chi connectivity index (χ1v) is 11.4. The molecule has 0 saturated heterocycles. The summed E-state index contributed by atoms with van der Waals surface area (Å²) >= 11 is 0. The third kappa shape index (κ3) is 31.1. The van der Waals surface area contributed by atoms with Crippen molar-refractivity contribution in [3.63, 3.8) is 0 Å². The second kappa shape index (κ2) is 31.1. The minimum atomic E-state index is 0.0286. The average molecular weight is 485 g/mol. The lowest BCUT2D eigenvalue weighted by Gasteiger charge is -2.08. The molecule has 0 heterocycles. The van der Waals surface area contributed by atoms with Crippen LogP contribution in [0.2, 0.25) is 0 Å². The zero-order valence-electron chi connectivity index (χ0n) is 20.0. The van der Waals surface area contributed by atoms with E-state index in [0.717, 1.165) is 0 Å². The maximum atomic E-state index is 8.54. The summed E-state index contributed by atoms with van der Waals surface area (Å²) in [5.74, 6) is 0. The minimum absolute atomic E-state index is 0.0286. The molecule has 0 aromatic carbocycles. The predicted octanol–water partition coefficient (Wildman–Crippen LogP) is 0.288. The van der Waals surface area contributed by atoms with Gasteiger partial charge in [0, 0.05) is 0 Å². The van der Waals surface area contributed by atoms with Crippen LogP contribution in [0.15, 0.2) is 12.8 Å². The molecule has 0 aliphatic heterocycles. The van der Waals surface area contributed by atoms with Gasteiger partial charge in [0.2, 0.25) is 0 Å². The highest BCUT2D eigenvalue weighted by atomic mass is 16.6. The van der Waals surface area contributed by atoms with Crippen LogP contribution in [0.5, 0.6) is 0 Å². The summed E-state index contributed by atoms with van der Waals surface area (Å²) in [4.78, 5) is 0. The van der Waals surface area contributed by atoms with Crippen LogP contribution < -0.4 is 0 Å². The van der Waals surface area contributed by atoms with E-state index in [9.17, 15) is 0 Å². The number of hydrogen-bond donors (Lipinski definition) is 1. The Hall–Kier alpha value is -0.860. The molecule has 33 heavy (non-hydrogen) atoms. The third-order valence-corrected chi connectivity index (χ3v) is 3.68. The number of hydrogen-bond acceptors (Lipinski definition) is 11. The van der Waals surface area contributed by atoms with Crippen molar-refractivity contribution >= 4 is 0 Å². The van der Waals surface area contributed by atoms with Crippen molar-refractivity contribution in [2.24, 2.45) is 0 Å². The molecule has 0 fully saturated rings. The van der Waals surface area contributed by atoms with Gasteiger partial charge in [0.1, 0.15) is 6.61 Å². The molecule has 0 aliphatic rings. The lowest BCUT2D eigenvalue weighted by atomic mass is 10.6. The maximum Gasteiger partial charge on any atom is 0.111 e. The van der Waals surface area contributed by atoms with Crippen LogP contribution in [0.3, 0.4) is 0 Å². The van der Waals surface area contributed by atoms with E-state index in [1.807, 2.05) is 0 Å². The van der Waals surface area contributed by atoms with E-state index in [-0.39, 0.29) is 6.61 Å². The van der Waals surface area contributed by atoms with Crippen molar-refractivity contribution < 1.29 is 52.5 Å². The van der Waals surface area contributed by atoms with Crippen molar-refractivity contribution in [1.29, 1.82) is 0 Å². The predicted molar refractivity (Wildman–Crippen MR) is 121 cm³/mol. The summed E-state index contributed by atoms with van der Waals surface area (Å²) in [5, 5.41) is 8.54. The molecule has 0 atom stereocenters. The third-order valence-electron chi connectivity index (χ3n) is 3.68. The Labute approximate surface area is 198 Å². The first-order valence-electron chi connectivity index (χ1n) is 11.4. The van der Waals surface area contributed by atoms with E-state index in [1.165, 1.54) is 6.26 Å². The van der Waals surface area contributed by atoms with Crippen LogP contribution in [0, 0.1) is 0 Å². The summed E-state index contributed by atoms with van der Waals surface area (Å²) in [6, 6.07) is 0. The molecule has 198 valence electrons. The first kappa shape index (κ1) is 32.1. The highest BCUT2D eigenvalue weighted by Crippen LogP contribution is 1.86. The number of rotatable bonds is 30. The van der Waals surface area contributed by atoms with Gasteiger partial charge in [-0.2, -0.15) is 0 Å². The Morgan fingerprint density at radius 3 is 0.788 bits per heavy atom. The van der Waals surface area contributed by atoms with E-state index < -0.39 is 0 Å². The fraction of sp³-hybridized carbons (Fsp3) is 0.909. The standard InChI is InChI=1S/C22H44O11/c1-2-24-5-6-26-9-10-28-13-14-30-17-18-32-21-22-33-20-19-31-16-15-29-12-11-27-8-7-25-4-3-23/h2,23H,1,3-22H2. The van der Waals surface area contributed by atoms with E-state index in [0.29, 0.717) is 126 Å². The van der Waals surface area contributed by atoms with E-state index in [4.69, 9.17) is 52.5 Å². The van der Waals surface area contributed by atoms with Gasteiger partial charge in [0.25, 0.3) is 0 Å². The van der Waals surface area contributed by atoms with Gasteiger partial charge in [-0.1, -0.05) is 6.58 Å². The lowest BCUT2D eigenvalue weighted by Crippen LogP contribution is -2.15. The van der Waals surface area contributed by atoms with Crippen molar-refractivity contribution in [1.82, 2.24) is 0 Å². The topological polar surface area (TPSA) is 113 Å². The van der Waals surface area contributed by atoms with Crippen molar-refractivity contribution in [2.45, 2.75) is 0 Å². The Morgan fingerprint density at radius 2 is 0.576 bits per heavy atom. The van der Waals surface area contributed by atoms with Gasteiger partial charge in [-0.05, 0) is 0 Å². The molecule has 0 spiro atoms. The monoisotopic (exact) mass is 484 g/mol. The van der Waals surface area contributed by atoms with Crippen LogP contribution in [-0.4, -0.2) is 137 Å². The second-order valence-corrected chi connectivity index (χ2v) is 6.27. The van der Waals surface area contributed by atoms with E-state index in [2.05, 4.69) is 6.58 Å². The van der Waals surface area contributed by atoms with Gasteiger partial charge < -0.3 is 52.5 Å². The number of aliphatic hydroxyl groups is 1. The Morgan fingerprint density at radius 1 is 0.364 bits per heavy atom. The molecule has 0 unspecified atom stereocenters. The molecule has 0 aromatic heterocycles. The highest BCUT2D eigenvalue weighted by Gasteiger charge is 1.95. The smallest absolute Gasteiger partial charge is 0.111 e. The minimum Gasteiger partial charge on any atom is -0.499 e. The van der Waals surface area contributed by atoms with Crippen molar-refractivity contribution in [3.05, 3.63) is 12.8 Å².